The maximum Gasteiger partial charge on any atom is 0.274 e. The van der Waals surface area contributed by atoms with Gasteiger partial charge in [0.15, 0.2) is 11.5 Å². The maximum atomic E-state index is 13.3. The third-order valence-electron chi connectivity index (χ3n) is 11.6. The standard InChI is InChI=1S/C43H53N9O6/c53-38(15-11-32-8-6-19-44-29-32)45-20-2-1-7-31-17-22-51(23-18-31)42(56)34-12-14-37(48-47-34)50-26-24-49(25-27-50)21-3-4-28-58-36-10-5-9-33-30-52(43(57)40(33)36)35-13-16-39(54)46-41(35)55/h5-6,8-12,14-15,19,29,31,35H,1-4,7,13,16-18,20-28,30H2,(H,45,53)(H,46,54,55)/b15-11+. The lowest BCUT2D eigenvalue weighted by molar-refractivity contribution is -0.137. The molecule has 0 bridgehead atoms. The third kappa shape index (κ3) is 10.4. The van der Waals surface area contributed by atoms with E-state index in [0.717, 1.165) is 108 Å². The van der Waals surface area contributed by atoms with Crippen molar-refractivity contribution in [2.24, 2.45) is 5.92 Å². The van der Waals surface area contributed by atoms with Gasteiger partial charge in [0.05, 0.1) is 12.2 Å². The number of amides is 5. The van der Waals surface area contributed by atoms with E-state index in [1.54, 1.807) is 41.6 Å². The van der Waals surface area contributed by atoms with E-state index in [2.05, 4.69) is 35.6 Å². The first kappa shape index (κ1) is 40.5. The highest BCUT2D eigenvalue weighted by Gasteiger charge is 2.40. The topological polar surface area (TPSA) is 170 Å². The largest absolute Gasteiger partial charge is 0.493 e. The number of piperidine rings is 2. The average Bonchev–Trinajstić information content (AvgIpc) is 3.59. The molecule has 5 amide bonds. The number of anilines is 1. The predicted octanol–water partition coefficient (Wildman–Crippen LogP) is 3.47. The summed E-state index contributed by atoms with van der Waals surface area (Å²) < 4.78 is 6.09. The molecule has 3 saturated heterocycles. The Hall–Kier alpha value is -5.70. The predicted molar refractivity (Wildman–Crippen MR) is 217 cm³/mol. The second kappa shape index (κ2) is 19.6. The summed E-state index contributed by atoms with van der Waals surface area (Å²) >= 11 is 0. The molecular formula is C43H53N9O6. The van der Waals surface area contributed by atoms with Crippen molar-refractivity contribution in [1.29, 1.82) is 0 Å². The number of likely N-dealkylation sites (tertiary alicyclic amines) is 1. The number of piperazine rings is 1. The summed E-state index contributed by atoms with van der Waals surface area (Å²) in [5.74, 6) is 0.792. The molecule has 1 aromatic carbocycles. The lowest BCUT2D eigenvalue weighted by Gasteiger charge is -2.35. The molecule has 1 atom stereocenters. The number of hydrogen-bond acceptors (Lipinski definition) is 11. The number of rotatable bonds is 16. The fraction of sp³-hybridized carbons (Fsp3) is 0.488. The maximum absolute atomic E-state index is 13.3. The zero-order valence-corrected chi connectivity index (χ0v) is 33.0. The molecule has 0 saturated carbocycles. The van der Waals surface area contributed by atoms with Gasteiger partial charge in [-0.1, -0.05) is 31.0 Å². The van der Waals surface area contributed by atoms with Crippen molar-refractivity contribution < 1.29 is 28.7 Å². The summed E-state index contributed by atoms with van der Waals surface area (Å²) in [6.07, 6.45) is 14.1. The second-order valence-electron chi connectivity index (χ2n) is 15.5. The Morgan fingerprint density at radius 2 is 1.74 bits per heavy atom. The SMILES string of the molecule is O=C(/C=C/c1cccnc1)NCCCCC1CCN(C(=O)c2ccc(N3CCN(CCCCOc4cccc5c4C(=O)N(C4CCC(=O)NC4=O)C5)CC3)nn2)CC1. The minimum Gasteiger partial charge on any atom is -0.493 e. The quantitative estimate of drug-likeness (QED) is 0.124. The van der Waals surface area contributed by atoms with Crippen molar-refractivity contribution >= 4 is 41.4 Å². The fourth-order valence-electron chi connectivity index (χ4n) is 8.19. The first-order valence-electron chi connectivity index (χ1n) is 20.7. The van der Waals surface area contributed by atoms with Crippen LogP contribution in [0.15, 0.2) is 60.9 Å². The van der Waals surface area contributed by atoms with E-state index in [9.17, 15) is 24.0 Å². The summed E-state index contributed by atoms with van der Waals surface area (Å²) in [6.45, 7) is 7.27. The Morgan fingerprint density at radius 3 is 2.50 bits per heavy atom. The summed E-state index contributed by atoms with van der Waals surface area (Å²) in [7, 11) is 0. The van der Waals surface area contributed by atoms with Gasteiger partial charge in [-0.2, -0.15) is 0 Å². The molecule has 2 N–H and O–H groups in total. The number of benzene rings is 1. The first-order chi connectivity index (χ1) is 28.3. The van der Waals surface area contributed by atoms with Gasteiger partial charge in [-0.05, 0) is 92.5 Å². The molecule has 6 heterocycles. The molecule has 0 spiro atoms. The zero-order valence-electron chi connectivity index (χ0n) is 33.0. The van der Waals surface area contributed by atoms with E-state index in [1.807, 2.05) is 35.2 Å². The molecule has 1 unspecified atom stereocenters. The molecule has 7 rings (SSSR count). The highest BCUT2D eigenvalue weighted by Crippen LogP contribution is 2.34. The van der Waals surface area contributed by atoms with Gasteiger partial charge < -0.3 is 24.8 Å². The highest BCUT2D eigenvalue weighted by molar-refractivity contribution is 6.06. The number of unbranched alkanes of at least 4 members (excludes halogenated alkanes) is 2. The van der Waals surface area contributed by atoms with Crippen molar-refractivity contribution in [3.63, 3.8) is 0 Å². The van der Waals surface area contributed by atoms with Gasteiger partial charge >= 0.3 is 0 Å². The molecule has 3 fully saturated rings. The molecule has 4 aliphatic rings. The second-order valence-corrected chi connectivity index (χ2v) is 15.5. The number of carbonyl (C=O) groups excluding carboxylic acids is 5. The van der Waals surface area contributed by atoms with Crippen LogP contribution >= 0.6 is 0 Å². The molecule has 15 heteroatoms. The van der Waals surface area contributed by atoms with E-state index in [1.165, 1.54) is 0 Å². The van der Waals surface area contributed by atoms with Crippen molar-refractivity contribution in [3.8, 4) is 5.75 Å². The normalized spacial score (nSPS) is 19.1. The van der Waals surface area contributed by atoms with Crippen molar-refractivity contribution in [2.45, 2.75) is 70.4 Å². The number of fused-ring (bicyclic) bond motifs is 1. The summed E-state index contributed by atoms with van der Waals surface area (Å²) in [5, 5.41) is 14.1. The van der Waals surface area contributed by atoms with Crippen LogP contribution in [0.5, 0.6) is 5.75 Å². The van der Waals surface area contributed by atoms with Gasteiger partial charge in [0.1, 0.15) is 11.8 Å². The third-order valence-corrected chi connectivity index (χ3v) is 11.6. The molecule has 0 radical (unpaired) electrons. The van der Waals surface area contributed by atoms with Gasteiger partial charge in [0, 0.05) is 77.2 Å². The molecule has 2 aromatic heterocycles. The number of aromatic nitrogens is 3. The van der Waals surface area contributed by atoms with Gasteiger partial charge in [0.2, 0.25) is 17.7 Å². The molecule has 3 aromatic rings. The Balaban J connectivity index is 0.750. The van der Waals surface area contributed by atoms with Gasteiger partial charge in [-0.3, -0.25) is 39.2 Å². The van der Waals surface area contributed by atoms with Crippen LogP contribution in [0.3, 0.4) is 0 Å². The number of nitrogens with zero attached hydrogens (tertiary/aromatic N) is 7. The average molecular weight is 792 g/mol. The van der Waals surface area contributed by atoms with Crippen molar-refractivity contribution in [3.05, 3.63) is 83.3 Å². The highest BCUT2D eigenvalue weighted by atomic mass is 16.5. The van der Waals surface area contributed by atoms with Crippen LogP contribution in [-0.2, 0) is 20.9 Å². The summed E-state index contributed by atoms with van der Waals surface area (Å²) in [6, 6.07) is 12.4. The van der Waals surface area contributed by atoms with E-state index in [4.69, 9.17) is 4.74 Å². The van der Waals surface area contributed by atoms with Gasteiger partial charge in [-0.15, -0.1) is 10.2 Å². The smallest absolute Gasteiger partial charge is 0.274 e. The Kier molecular flexibility index (Phi) is 13.7. The monoisotopic (exact) mass is 791 g/mol. The van der Waals surface area contributed by atoms with E-state index < -0.39 is 11.9 Å². The Morgan fingerprint density at radius 1 is 0.897 bits per heavy atom. The van der Waals surface area contributed by atoms with Crippen molar-refractivity contribution in [1.82, 2.24) is 40.5 Å². The molecule has 0 aliphatic carbocycles. The molecular weight excluding hydrogens is 739 g/mol. The zero-order chi connectivity index (χ0) is 40.3. The van der Waals surface area contributed by atoms with Crippen LogP contribution in [0.4, 0.5) is 5.82 Å². The fourth-order valence-corrected chi connectivity index (χ4v) is 8.19. The minimum absolute atomic E-state index is 0.0641. The first-order valence-corrected chi connectivity index (χ1v) is 20.7. The Bertz CT molecular complexity index is 1940. The number of hydrogen-bond donors (Lipinski definition) is 2. The summed E-state index contributed by atoms with van der Waals surface area (Å²) in [5.41, 5.74) is 2.62. The van der Waals surface area contributed by atoms with E-state index >= 15 is 0 Å². The van der Waals surface area contributed by atoms with Crippen LogP contribution in [-0.4, -0.2) is 124 Å². The molecule has 4 aliphatic heterocycles. The number of carbonyl (C=O) groups is 5. The van der Waals surface area contributed by atoms with Crippen molar-refractivity contribution in [2.75, 3.05) is 63.9 Å². The van der Waals surface area contributed by atoms with Gasteiger partial charge in [0.25, 0.3) is 11.8 Å². The van der Waals surface area contributed by atoms with Crippen LogP contribution in [0.1, 0.15) is 89.8 Å². The van der Waals surface area contributed by atoms with E-state index in [0.29, 0.717) is 49.0 Å². The minimum atomic E-state index is -0.648. The Labute approximate surface area is 339 Å². The lowest BCUT2D eigenvalue weighted by Crippen LogP contribution is -2.52. The van der Waals surface area contributed by atoms with Crippen LogP contribution < -0.4 is 20.3 Å². The lowest BCUT2D eigenvalue weighted by atomic mass is 9.91. The molecule has 306 valence electrons. The molecule has 58 heavy (non-hydrogen) atoms. The van der Waals surface area contributed by atoms with Crippen LogP contribution in [0.25, 0.3) is 6.08 Å². The number of ether oxygens (including phenoxy) is 1. The molecule has 15 nitrogen and oxygen atoms in total. The van der Waals surface area contributed by atoms with E-state index in [-0.39, 0.29) is 30.0 Å². The summed E-state index contributed by atoms with van der Waals surface area (Å²) in [4.78, 5) is 74.7. The number of imide groups is 1. The number of pyridine rings is 1. The number of nitrogens with one attached hydrogen (secondary N) is 2. The van der Waals surface area contributed by atoms with Crippen LogP contribution in [0, 0.1) is 5.92 Å². The van der Waals surface area contributed by atoms with Crippen LogP contribution in [0.2, 0.25) is 0 Å². The van der Waals surface area contributed by atoms with Gasteiger partial charge in [-0.25, -0.2) is 0 Å².